The zero-order chi connectivity index (χ0) is 10.3. The molecule has 1 aromatic heterocycles. The fourth-order valence-electron chi connectivity index (χ4n) is 1.40. The Kier molecular flexibility index (Phi) is 2.17. The number of thiophene rings is 1. The molecular weight excluding hydrogens is 222 g/mol. The van der Waals surface area contributed by atoms with Crippen LogP contribution in [0.2, 0.25) is 4.34 Å². The highest BCUT2D eigenvalue weighted by atomic mass is 35.5. The van der Waals surface area contributed by atoms with Gasteiger partial charge in [0.05, 0.1) is 9.26 Å². The van der Waals surface area contributed by atoms with Gasteiger partial charge < -0.3 is 0 Å². The van der Waals surface area contributed by atoms with Gasteiger partial charge in [0, 0.05) is 16.3 Å². The number of hydrogen-bond acceptors (Lipinski definition) is 3. The summed E-state index contributed by atoms with van der Waals surface area (Å²) in [7, 11) is 0. The van der Waals surface area contributed by atoms with Gasteiger partial charge in [0.15, 0.2) is 0 Å². The number of nitro benzene ring substituents is 1. The van der Waals surface area contributed by atoms with Crippen LogP contribution in [0.1, 0.15) is 5.56 Å². The minimum absolute atomic E-state index is 0.149. The number of fused-ring (bicyclic) bond motifs is 1. The van der Waals surface area contributed by atoms with Crippen LogP contribution in [0.3, 0.4) is 0 Å². The van der Waals surface area contributed by atoms with E-state index in [0.717, 1.165) is 10.1 Å². The Morgan fingerprint density at radius 2 is 2.21 bits per heavy atom. The molecule has 0 fully saturated rings. The van der Waals surface area contributed by atoms with E-state index in [4.69, 9.17) is 11.6 Å². The Morgan fingerprint density at radius 1 is 1.50 bits per heavy atom. The minimum Gasteiger partial charge on any atom is -0.258 e. The molecule has 0 spiro atoms. The van der Waals surface area contributed by atoms with E-state index in [1.165, 1.54) is 17.4 Å². The molecule has 5 heteroatoms. The molecule has 0 saturated heterocycles. The fourth-order valence-corrected chi connectivity index (χ4v) is 2.63. The summed E-state index contributed by atoms with van der Waals surface area (Å²) in [6.07, 6.45) is 0. The first-order valence-electron chi connectivity index (χ1n) is 3.92. The lowest BCUT2D eigenvalue weighted by Gasteiger charge is -1.97. The van der Waals surface area contributed by atoms with Gasteiger partial charge in [0.25, 0.3) is 5.69 Å². The molecule has 14 heavy (non-hydrogen) atoms. The van der Waals surface area contributed by atoms with E-state index in [2.05, 4.69) is 0 Å². The monoisotopic (exact) mass is 227 g/mol. The van der Waals surface area contributed by atoms with Gasteiger partial charge in [-0.2, -0.15) is 0 Å². The van der Waals surface area contributed by atoms with Crippen molar-refractivity contribution in [3.8, 4) is 0 Å². The van der Waals surface area contributed by atoms with Crippen molar-refractivity contribution in [1.82, 2.24) is 0 Å². The molecule has 0 bridgehead atoms. The second kappa shape index (κ2) is 3.22. The van der Waals surface area contributed by atoms with Gasteiger partial charge in [-0.1, -0.05) is 11.6 Å². The maximum absolute atomic E-state index is 10.6. The van der Waals surface area contributed by atoms with Gasteiger partial charge in [-0.05, 0) is 24.4 Å². The maximum atomic E-state index is 10.6. The Bertz CT molecular complexity index is 521. The highest BCUT2D eigenvalue weighted by Gasteiger charge is 2.14. The molecule has 0 unspecified atom stereocenters. The first-order valence-corrected chi connectivity index (χ1v) is 5.12. The number of aryl methyl sites for hydroxylation is 1. The molecule has 0 saturated carbocycles. The first kappa shape index (κ1) is 9.43. The zero-order valence-electron chi connectivity index (χ0n) is 7.28. The molecule has 3 nitrogen and oxygen atoms in total. The summed E-state index contributed by atoms with van der Waals surface area (Å²) in [5, 5.41) is 11.6. The van der Waals surface area contributed by atoms with Crippen molar-refractivity contribution in [3.63, 3.8) is 0 Å². The average molecular weight is 228 g/mol. The standard InChI is InChI=1S/C9H6ClNO2S/c1-5-7(11(12)13)3-2-6-4-8(10)14-9(5)6/h2-4H,1H3. The predicted molar refractivity (Wildman–Crippen MR) is 58.2 cm³/mol. The normalized spacial score (nSPS) is 10.7. The molecule has 0 atom stereocenters. The Morgan fingerprint density at radius 3 is 2.86 bits per heavy atom. The van der Waals surface area contributed by atoms with Gasteiger partial charge in [0.1, 0.15) is 0 Å². The molecule has 0 aliphatic rings. The van der Waals surface area contributed by atoms with E-state index >= 15 is 0 Å². The predicted octanol–water partition coefficient (Wildman–Crippen LogP) is 3.77. The van der Waals surface area contributed by atoms with Crippen LogP contribution < -0.4 is 0 Å². The number of hydrogen-bond donors (Lipinski definition) is 0. The molecule has 72 valence electrons. The molecule has 0 amide bonds. The lowest BCUT2D eigenvalue weighted by atomic mass is 10.1. The van der Waals surface area contributed by atoms with Crippen molar-refractivity contribution in [2.75, 3.05) is 0 Å². The minimum atomic E-state index is -0.373. The van der Waals surface area contributed by atoms with Crippen molar-refractivity contribution in [3.05, 3.63) is 38.2 Å². The fraction of sp³-hybridized carbons (Fsp3) is 0.111. The lowest BCUT2D eigenvalue weighted by molar-refractivity contribution is -0.385. The van der Waals surface area contributed by atoms with Crippen LogP contribution in [0.5, 0.6) is 0 Å². The molecule has 0 N–H and O–H groups in total. The van der Waals surface area contributed by atoms with E-state index in [9.17, 15) is 10.1 Å². The molecular formula is C9H6ClNO2S. The Hall–Kier alpha value is -1.13. The largest absolute Gasteiger partial charge is 0.273 e. The van der Waals surface area contributed by atoms with Crippen molar-refractivity contribution in [2.24, 2.45) is 0 Å². The van der Waals surface area contributed by atoms with Crippen LogP contribution >= 0.6 is 22.9 Å². The van der Waals surface area contributed by atoms with Crippen molar-refractivity contribution in [2.45, 2.75) is 6.92 Å². The summed E-state index contributed by atoms with van der Waals surface area (Å²) in [5.74, 6) is 0. The molecule has 0 radical (unpaired) electrons. The molecule has 1 heterocycles. The number of nitrogens with zero attached hydrogens (tertiary/aromatic N) is 1. The van der Waals surface area contributed by atoms with Gasteiger partial charge in [-0.3, -0.25) is 10.1 Å². The number of rotatable bonds is 1. The summed E-state index contributed by atoms with van der Waals surface area (Å²) < 4.78 is 1.55. The van der Waals surface area contributed by atoms with Crippen LogP contribution in [-0.4, -0.2) is 4.92 Å². The van der Waals surface area contributed by atoms with Crippen molar-refractivity contribution in [1.29, 1.82) is 0 Å². The Labute approximate surface area is 89.1 Å². The lowest BCUT2D eigenvalue weighted by Crippen LogP contribution is -1.90. The van der Waals surface area contributed by atoms with Crippen LogP contribution in [0, 0.1) is 17.0 Å². The molecule has 0 aliphatic carbocycles. The average Bonchev–Trinajstić information content (AvgIpc) is 2.46. The molecule has 2 aromatic rings. The summed E-state index contributed by atoms with van der Waals surface area (Å²) in [4.78, 5) is 10.3. The molecule has 2 rings (SSSR count). The summed E-state index contributed by atoms with van der Waals surface area (Å²) in [6, 6.07) is 5.06. The third-order valence-corrected chi connectivity index (χ3v) is 3.47. The van der Waals surface area contributed by atoms with Crippen molar-refractivity contribution >= 4 is 38.7 Å². The van der Waals surface area contributed by atoms with Gasteiger partial charge in [0.2, 0.25) is 0 Å². The van der Waals surface area contributed by atoms with E-state index < -0.39 is 0 Å². The summed E-state index contributed by atoms with van der Waals surface area (Å²) >= 11 is 7.21. The van der Waals surface area contributed by atoms with Crippen LogP contribution in [0.4, 0.5) is 5.69 Å². The summed E-state index contributed by atoms with van der Waals surface area (Å²) in [5.41, 5.74) is 0.834. The zero-order valence-corrected chi connectivity index (χ0v) is 8.85. The van der Waals surface area contributed by atoms with Crippen LogP contribution in [0.15, 0.2) is 18.2 Å². The second-order valence-corrected chi connectivity index (χ2v) is 4.62. The van der Waals surface area contributed by atoms with Gasteiger partial charge in [-0.15, -0.1) is 11.3 Å². The second-order valence-electron chi connectivity index (χ2n) is 2.94. The third kappa shape index (κ3) is 1.36. The first-order chi connectivity index (χ1) is 6.59. The highest BCUT2D eigenvalue weighted by Crippen LogP contribution is 2.35. The molecule has 0 aliphatic heterocycles. The van der Waals surface area contributed by atoms with Crippen molar-refractivity contribution < 1.29 is 4.92 Å². The SMILES string of the molecule is Cc1c([N+](=O)[O-])ccc2cc(Cl)sc12. The van der Waals surface area contributed by atoms with Crippen LogP contribution in [-0.2, 0) is 0 Å². The third-order valence-electron chi connectivity index (χ3n) is 2.07. The van der Waals surface area contributed by atoms with Gasteiger partial charge >= 0.3 is 0 Å². The smallest absolute Gasteiger partial charge is 0.258 e. The van der Waals surface area contributed by atoms with E-state index in [1.807, 2.05) is 6.07 Å². The number of nitro groups is 1. The van der Waals surface area contributed by atoms with E-state index in [-0.39, 0.29) is 10.6 Å². The Balaban J connectivity index is 2.80. The molecule has 1 aromatic carbocycles. The highest BCUT2D eigenvalue weighted by molar-refractivity contribution is 7.22. The van der Waals surface area contributed by atoms with Crippen LogP contribution in [0.25, 0.3) is 10.1 Å². The maximum Gasteiger partial charge on any atom is 0.273 e. The van der Waals surface area contributed by atoms with E-state index in [1.54, 1.807) is 13.0 Å². The van der Waals surface area contributed by atoms with Gasteiger partial charge in [-0.25, -0.2) is 0 Å². The number of halogens is 1. The number of benzene rings is 1. The van der Waals surface area contributed by atoms with E-state index in [0.29, 0.717) is 9.90 Å². The summed E-state index contributed by atoms with van der Waals surface area (Å²) in [6.45, 7) is 1.74. The quantitative estimate of drug-likeness (QED) is 0.550. The topological polar surface area (TPSA) is 43.1 Å².